The van der Waals surface area contributed by atoms with E-state index in [-0.39, 0.29) is 28.9 Å². The third-order valence-corrected chi connectivity index (χ3v) is 12.1. The summed E-state index contributed by atoms with van der Waals surface area (Å²) in [4.78, 5) is 15.5. The second kappa shape index (κ2) is 15.4. The molecular weight excluding hydrogens is 585 g/mol. The first-order chi connectivity index (χ1) is 22.8. The fourth-order valence-electron chi connectivity index (χ4n) is 9.65. The minimum Gasteiger partial charge on any atom is -0.508 e. The van der Waals surface area contributed by atoms with Gasteiger partial charge in [0, 0.05) is 25.4 Å². The van der Waals surface area contributed by atoms with Crippen LogP contribution in [-0.2, 0) is 24.1 Å². The second-order valence-corrected chi connectivity index (χ2v) is 15.0. The molecule has 7 atom stereocenters. The average molecular weight is 640 g/mol. The van der Waals surface area contributed by atoms with Gasteiger partial charge in [0.05, 0.1) is 6.10 Å². The summed E-state index contributed by atoms with van der Waals surface area (Å²) in [5, 5.41) is 21.2. The Morgan fingerprint density at radius 3 is 2.28 bits per heavy atom. The number of rotatable bonds is 14. The van der Waals surface area contributed by atoms with Crippen LogP contribution >= 0.6 is 0 Å². The van der Waals surface area contributed by atoms with Gasteiger partial charge in [-0.15, -0.1) is 0 Å². The van der Waals surface area contributed by atoms with E-state index >= 15 is 4.39 Å². The molecule has 3 aliphatic carbocycles. The molecule has 0 spiro atoms. The van der Waals surface area contributed by atoms with E-state index in [4.69, 9.17) is 0 Å². The topological polar surface area (TPSA) is 60.8 Å². The number of aliphatic hydroxyl groups excluding tert-OH is 1. The van der Waals surface area contributed by atoms with Crippen molar-refractivity contribution in [2.24, 2.45) is 23.2 Å². The maximum Gasteiger partial charge on any atom is 0.222 e. The van der Waals surface area contributed by atoms with E-state index in [9.17, 15) is 15.0 Å². The number of unbranched alkanes of at least 4 members (excludes halogenated alkanes) is 2. The average Bonchev–Trinajstić information content (AvgIpc) is 3.37. The van der Waals surface area contributed by atoms with Crippen LogP contribution in [0.4, 0.5) is 4.39 Å². The quantitative estimate of drug-likeness (QED) is 0.173. The van der Waals surface area contributed by atoms with Gasteiger partial charge in [0.15, 0.2) is 0 Å². The number of alkyl halides is 1. The number of amides is 1. The lowest BCUT2D eigenvalue weighted by Crippen LogP contribution is -2.51. The van der Waals surface area contributed by atoms with Crippen LogP contribution in [0.5, 0.6) is 5.75 Å². The number of benzene rings is 3. The van der Waals surface area contributed by atoms with E-state index in [1.807, 2.05) is 24.3 Å². The molecule has 0 aliphatic heterocycles. The summed E-state index contributed by atoms with van der Waals surface area (Å²) in [7, 11) is 0. The molecule has 252 valence electrons. The minimum absolute atomic E-state index is 0.152. The smallest absolute Gasteiger partial charge is 0.222 e. The zero-order valence-corrected chi connectivity index (χ0v) is 28.2. The van der Waals surface area contributed by atoms with Gasteiger partial charge in [0.2, 0.25) is 5.91 Å². The van der Waals surface area contributed by atoms with Gasteiger partial charge in [0.1, 0.15) is 11.9 Å². The van der Waals surface area contributed by atoms with Crippen LogP contribution in [0.1, 0.15) is 99.3 Å². The Bertz CT molecular complexity index is 1450. The van der Waals surface area contributed by atoms with E-state index in [0.717, 1.165) is 94.8 Å². The van der Waals surface area contributed by atoms with Crippen molar-refractivity contribution in [3.05, 3.63) is 101 Å². The molecule has 3 aromatic carbocycles. The number of hydrogen-bond acceptors (Lipinski definition) is 3. The summed E-state index contributed by atoms with van der Waals surface area (Å²) in [5.74, 6) is 1.25. The Morgan fingerprint density at radius 2 is 1.55 bits per heavy atom. The van der Waals surface area contributed by atoms with Crippen LogP contribution in [0.25, 0.3) is 0 Å². The number of fused-ring (bicyclic) bond motifs is 5. The summed E-state index contributed by atoms with van der Waals surface area (Å²) in [5.41, 5.74) is 4.43. The first-order valence-electron chi connectivity index (χ1n) is 18.3. The maximum absolute atomic E-state index is 16.1. The molecule has 0 unspecified atom stereocenters. The molecule has 0 radical (unpaired) electrons. The Balaban J connectivity index is 1.06. The molecule has 0 saturated heterocycles. The Hall–Kier alpha value is -3.18. The third-order valence-electron chi connectivity index (χ3n) is 12.1. The number of carbonyl (C=O) groups excluding carboxylic acids is 1. The Kier molecular flexibility index (Phi) is 11.0. The predicted octanol–water partition coefficient (Wildman–Crippen LogP) is 8.83. The number of carbonyl (C=O) groups is 1. The molecule has 0 bridgehead atoms. The normalized spacial score (nSPS) is 27.9. The van der Waals surface area contributed by atoms with Crippen LogP contribution in [0, 0.1) is 23.2 Å². The molecule has 4 nitrogen and oxygen atoms in total. The van der Waals surface area contributed by atoms with Gasteiger partial charge in [-0.2, -0.15) is 0 Å². The van der Waals surface area contributed by atoms with Crippen molar-refractivity contribution in [3.8, 4) is 5.75 Å². The van der Waals surface area contributed by atoms with E-state index in [2.05, 4.69) is 60.4 Å². The number of phenols is 1. The number of halogens is 1. The largest absolute Gasteiger partial charge is 0.508 e. The SMILES string of the molecule is C[C@]12C[C@H](F)[C@@H]3c4ccc(O)cc4C[C@@H](CCCCCN(CCCc4ccccc4)C(=O)CCCc4ccccc4)[C@H]3[C@@H]1CC[C@@H]2O. The Labute approximate surface area is 281 Å². The van der Waals surface area contributed by atoms with Gasteiger partial charge < -0.3 is 15.1 Å². The van der Waals surface area contributed by atoms with E-state index in [1.165, 1.54) is 11.1 Å². The molecular formula is C42H54FNO3. The van der Waals surface area contributed by atoms with Crippen molar-refractivity contribution < 1.29 is 19.4 Å². The number of nitrogens with zero attached hydrogens (tertiary/aromatic N) is 1. The van der Waals surface area contributed by atoms with Crippen LogP contribution in [0.15, 0.2) is 78.9 Å². The fraction of sp³-hybridized carbons (Fsp3) is 0.548. The minimum atomic E-state index is -0.975. The molecule has 2 N–H and O–H groups in total. The van der Waals surface area contributed by atoms with E-state index in [1.54, 1.807) is 6.07 Å². The van der Waals surface area contributed by atoms with Gasteiger partial charge in [-0.25, -0.2) is 4.39 Å². The van der Waals surface area contributed by atoms with Gasteiger partial charge in [-0.05, 0) is 122 Å². The molecule has 0 heterocycles. The molecule has 0 aromatic heterocycles. The van der Waals surface area contributed by atoms with Crippen molar-refractivity contribution in [3.63, 3.8) is 0 Å². The number of hydrogen-bond donors (Lipinski definition) is 2. The summed E-state index contributed by atoms with van der Waals surface area (Å²) < 4.78 is 16.1. The number of aliphatic hydroxyl groups is 1. The lowest BCUT2D eigenvalue weighted by Gasteiger charge is -2.54. The number of aryl methyl sites for hydroxylation is 2. The Morgan fingerprint density at radius 1 is 0.872 bits per heavy atom. The van der Waals surface area contributed by atoms with E-state index in [0.29, 0.717) is 24.7 Å². The van der Waals surface area contributed by atoms with Crippen molar-refractivity contribution >= 4 is 5.91 Å². The van der Waals surface area contributed by atoms with Crippen LogP contribution in [0.3, 0.4) is 0 Å². The fourth-order valence-corrected chi connectivity index (χ4v) is 9.65. The van der Waals surface area contributed by atoms with Gasteiger partial charge >= 0.3 is 0 Å². The van der Waals surface area contributed by atoms with Gasteiger partial charge in [-0.3, -0.25) is 4.79 Å². The number of aromatic hydroxyl groups is 1. The third kappa shape index (κ3) is 7.77. The second-order valence-electron chi connectivity index (χ2n) is 15.0. The maximum atomic E-state index is 16.1. The van der Waals surface area contributed by atoms with Crippen molar-refractivity contribution in [2.45, 2.75) is 109 Å². The highest BCUT2D eigenvalue weighted by Gasteiger charge is 2.59. The lowest BCUT2D eigenvalue weighted by molar-refractivity contribution is -0.131. The highest BCUT2D eigenvalue weighted by Crippen LogP contribution is 2.63. The van der Waals surface area contributed by atoms with Gasteiger partial charge in [0.25, 0.3) is 0 Å². The summed E-state index contributed by atoms with van der Waals surface area (Å²) in [6.07, 6.45) is 10.0. The molecule has 3 aromatic rings. The molecule has 1 amide bonds. The summed E-state index contributed by atoms with van der Waals surface area (Å²) >= 11 is 0. The molecule has 47 heavy (non-hydrogen) atoms. The summed E-state index contributed by atoms with van der Waals surface area (Å²) in [6.45, 7) is 3.70. The predicted molar refractivity (Wildman–Crippen MR) is 187 cm³/mol. The lowest BCUT2D eigenvalue weighted by atomic mass is 9.51. The standard InChI is InChI=1S/C42H54FNO3/c1-42-29-37(43)41-35-22-21-34(45)28-33(35)27-32(40(41)36(42)23-24-38(42)46)19-9-4-10-25-44(26-12-18-31-15-7-3-8-16-31)39(47)20-11-17-30-13-5-2-6-14-30/h2-3,5-8,13-16,21-22,28,32,36-38,40-41,45-46H,4,9-12,17-20,23-27,29H2,1H3/t32-,36+,37+,38+,40+,41+,42+/m1/s1. The van der Waals surface area contributed by atoms with Crippen molar-refractivity contribution in [2.75, 3.05) is 13.1 Å². The highest BCUT2D eigenvalue weighted by atomic mass is 19.1. The molecule has 3 aliphatic rings. The molecule has 5 heteroatoms. The number of phenolic OH excluding ortho intramolecular Hbond substituents is 1. The van der Waals surface area contributed by atoms with Crippen molar-refractivity contribution in [1.82, 2.24) is 4.90 Å². The monoisotopic (exact) mass is 639 g/mol. The van der Waals surface area contributed by atoms with Crippen molar-refractivity contribution in [1.29, 1.82) is 0 Å². The zero-order valence-electron chi connectivity index (χ0n) is 28.2. The van der Waals surface area contributed by atoms with Crippen LogP contribution < -0.4 is 0 Å². The summed E-state index contributed by atoms with van der Waals surface area (Å²) in [6, 6.07) is 26.5. The van der Waals surface area contributed by atoms with E-state index < -0.39 is 12.3 Å². The molecule has 2 saturated carbocycles. The highest BCUT2D eigenvalue weighted by molar-refractivity contribution is 5.76. The first-order valence-corrected chi connectivity index (χ1v) is 18.3. The molecule has 2 fully saturated rings. The first kappa shape index (κ1) is 33.7. The van der Waals surface area contributed by atoms with Gasteiger partial charge in [-0.1, -0.05) is 86.5 Å². The van der Waals surface area contributed by atoms with Crippen LogP contribution in [0.2, 0.25) is 0 Å². The van der Waals surface area contributed by atoms with Crippen LogP contribution in [-0.4, -0.2) is 46.4 Å². The zero-order chi connectivity index (χ0) is 32.8. The molecule has 6 rings (SSSR count).